The number of nitro benzene ring substituents is 1. The van der Waals surface area contributed by atoms with Gasteiger partial charge in [-0.1, -0.05) is 23.7 Å². The molecule has 7 nitrogen and oxygen atoms in total. The van der Waals surface area contributed by atoms with Gasteiger partial charge in [-0.05, 0) is 23.8 Å². The maximum Gasteiger partial charge on any atom is 0.282 e. The van der Waals surface area contributed by atoms with Gasteiger partial charge in [0.2, 0.25) is 0 Å². The van der Waals surface area contributed by atoms with E-state index in [1.54, 1.807) is 18.2 Å². The van der Waals surface area contributed by atoms with Gasteiger partial charge >= 0.3 is 0 Å². The van der Waals surface area contributed by atoms with Crippen LogP contribution in [0.4, 0.5) is 5.69 Å². The van der Waals surface area contributed by atoms with Gasteiger partial charge in [-0.15, -0.1) is 0 Å². The molecule has 0 fully saturated rings. The van der Waals surface area contributed by atoms with Gasteiger partial charge in [-0.3, -0.25) is 14.9 Å². The highest BCUT2D eigenvalue weighted by atomic mass is 35.5. The summed E-state index contributed by atoms with van der Waals surface area (Å²) in [5.41, 5.74) is 0.478. The summed E-state index contributed by atoms with van der Waals surface area (Å²) in [5, 5.41) is 14.1. The van der Waals surface area contributed by atoms with Crippen molar-refractivity contribution in [3.05, 3.63) is 62.7 Å². The number of para-hydroxylation sites is 1. The Morgan fingerprint density at radius 2 is 2.00 bits per heavy atom. The molecule has 0 saturated heterocycles. The third kappa shape index (κ3) is 3.83. The van der Waals surface area contributed by atoms with Crippen LogP contribution in [0.2, 0.25) is 5.02 Å². The van der Waals surface area contributed by atoms with E-state index in [0.29, 0.717) is 35.3 Å². The van der Waals surface area contributed by atoms with Crippen LogP contribution in [0.5, 0.6) is 11.5 Å². The normalized spacial score (nSPS) is 13.0. The van der Waals surface area contributed by atoms with Crippen molar-refractivity contribution in [1.29, 1.82) is 0 Å². The fourth-order valence-corrected chi connectivity index (χ4v) is 2.78. The first kappa shape index (κ1) is 17.0. The molecule has 1 N–H and O–H groups in total. The number of nitrogens with zero attached hydrogens (tertiary/aromatic N) is 1. The van der Waals surface area contributed by atoms with Gasteiger partial charge in [0.15, 0.2) is 11.5 Å². The molecule has 0 spiro atoms. The van der Waals surface area contributed by atoms with E-state index in [-0.39, 0.29) is 17.8 Å². The van der Waals surface area contributed by atoms with Crippen LogP contribution in [-0.2, 0) is 6.54 Å². The third-order valence-electron chi connectivity index (χ3n) is 3.66. The molecule has 3 rings (SSSR count). The smallest absolute Gasteiger partial charge is 0.282 e. The second kappa shape index (κ2) is 7.40. The van der Waals surface area contributed by atoms with Crippen LogP contribution >= 0.6 is 11.6 Å². The Labute approximate surface area is 148 Å². The molecule has 130 valence electrons. The molecule has 0 saturated carbocycles. The molecule has 1 aliphatic heterocycles. The Morgan fingerprint density at radius 3 is 2.80 bits per heavy atom. The van der Waals surface area contributed by atoms with Crippen LogP contribution in [-0.4, -0.2) is 24.0 Å². The molecule has 8 heteroatoms. The molecule has 2 aromatic carbocycles. The van der Waals surface area contributed by atoms with E-state index in [9.17, 15) is 14.9 Å². The monoisotopic (exact) mass is 362 g/mol. The van der Waals surface area contributed by atoms with Gasteiger partial charge < -0.3 is 14.8 Å². The molecular formula is C17H15ClN2O5. The van der Waals surface area contributed by atoms with E-state index in [0.717, 1.165) is 6.42 Å². The number of halogens is 1. The van der Waals surface area contributed by atoms with Crippen molar-refractivity contribution in [2.45, 2.75) is 13.0 Å². The molecule has 0 bridgehead atoms. The number of ether oxygens (including phenoxy) is 2. The summed E-state index contributed by atoms with van der Waals surface area (Å²) in [4.78, 5) is 22.7. The summed E-state index contributed by atoms with van der Waals surface area (Å²) >= 11 is 6.21. The van der Waals surface area contributed by atoms with Crippen molar-refractivity contribution in [2.75, 3.05) is 13.2 Å². The average Bonchev–Trinajstić information content (AvgIpc) is 2.85. The Bertz CT molecular complexity index is 825. The molecule has 0 aliphatic carbocycles. The zero-order valence-corrected chi connectivity index (χ0v) is 13.9. The Balaban J connectivity index is 1.76. The number of hydrogen-bond donors (Lipinski definition) is 1. The van der Waals surface area contributed by atoms with E-state index in [1.807, 2.05) is 0 Å². The van der Waals surface area contributed by atoms with Crippen LogP contribution in [0.25, 0.3) is 0 Å². The molecule has 1 amide bonds. The molecule has 0 aromatic heterocycles. The Morgan fingerprint density at radius 1 is 1.24 bits per heavy atom. The summed E-state index contributed by atoms with van der Waals surface area (Å²) in [6, 6.07) is 9.21. The molecular weight excluding hydrogens is 348 g/mol. The van der Waals surface area contributed by atoms with Crippen LogP contribution in [0.1, 0.15) is 22.3 Å². The number of nitro groups is 1. The number of fused-ring (bicyclic) bond motifs is 1. The quantitative estimate of drug-likeness (QED) is 0.665. The lowest BCUT2D eigenvalue weighted by Crippen LogP contribution is -2.23. The summed E-state index contributed by atoms with van der Waals surface area (Å²) < 4.78 is 11.2. The molecule has 0 unspecified atom stereocenters. The predicted octanol–water partition coefficient (Wildman–Crippen LogP) is 3.34. The van der Waals surface area contributed by atoms with E-state index < -0.39 is 10.8 Å². The van der Waals surface area contributed by atoms with Gasteiger partial charge in [-0.25, -0.2) is 0 Å². The highest BCUT2D eigenvalue weighted by molar-refractivity contribution is 6.32. The topological polar surface area (TPSA) is 90.7 Å². The highest BCUT2D eigenvalue weighted by Crippen LogP contribution is 2.38. The molecule has 0 atom stereocenters. The summed E-state index contributed by atoms with van der Waals surface area (Å²) in [5.74, 6) is 0.489. The molecule has 2 aromatic rings. The van der Waals surface area contributed by atoms with Gasteiger partial charge in [0.05, 0.1) is 23.2 Å². The van der Waals surface area contributed by atoms with Crippen molar-refractivity contribution >= 4 is 23.2 Å². The highest BCUT2D eigenvalue weighted by Gasteiger charge is 2.20. The van der Waals surface area contributed by atoms with E-state index in [2.05, 4.69) is 5.32 Å². The fourth-order valence-electron chi connectivity index (χ4n) is 2.49. The number of carbonyl (C=O) groups excluding carboxylic acids is 1. The number of amides is 1. The van der Waals surface area contributed by atoms with Crippen molar-refractivity contribution in [2.24, 2.45) is 0 Å². The largest absolute Gasteiger partial charge is 0.489 e. The minimum absolute atomic E-state index is 0.00735. The fraction of sp³-hybridized carbons (Fsp3) is 0.235. The van der Waals surface area contributed by atoms with E-state index in [1.165, 1.54) is 18.2 Å². The summed E-state index contributed by atoms with van der Waals surface area (Å²) in [6.45, 7) is 1.21. The lowest BCUT2D eigenvalue weighted by molar-refractivity contribution is -0.385. The van der Waals surface area contributed by atoms with Gasteiger partial charge in [0, 0.05) is 19.0 Å². The number of benzene rings is 2. The predicted molar refractivity (Wildman–Crippen MR) is 91.3 cm³/mol. The zero-order chi connectivity index (χ0) is 17.8. The number of hydrogen-bond acceptors (Lipinski definition) is 5. The first-order chi connectivity index (χ1) is 12.1. The molecule has 1 aliphatic rings. The number of rotatable bonds is 4. The standard InChI is InChI=1S/C17H15ClN2O5/c18-13-8-11(9-15-16(13)25-7-3-6-24-15)10-19-17(21)12-4-1-2-5-14(12)20(22)23/h1-2,4-5,8-9H,3,6-7,10H2,(H,19,21). The molecule has 25 heavy (non-hydrogen) atoms. The Kier molecular flexibility index (Phi) is 5.04. The maximum atomic E-state index is 12.3. The zero-order valence-electron chi connectivity index (χ0n) is 13.2. The third-order valence-corrected chi connectivity index (χ3v) is 3.94. The second-order valence-electron chi connectivity index (χ2n) is 5.41. The van der Waals surface area contributed by atoms with Crippen LogP contribution in [0.15, 0.2) is 36.4 Å². The van der Waals surface area contributed by atoms with Gasteiger partial charge in [0.25, 0.3) is 11.6 Å². The van der Waals surface area contributed by atoms with Crippen molar-refractivity contribution in [3.8, 4) is 11.5 Å². The Hall–Kier alpha value is -2.80. The van der Waals surface area contributed by atoms with Crippen molar-refractivity contribution in [1.82, 2.24) is 5.32 Å². The number of carbonyl (C=O) groups is 1. The lowest BCUT2D eigenvalue weighted by Gasteiger charge is -2.12. The first-order valence-electron chi connectivity index (χ1n) is 7.66. The van der Waals surface area contributed by atoms with Gasteiger partial charge in [0.1, 0.15) is 5.56 Å². The summed E-state index contributed by atoms with van der Waals surface area (Å²) in [7, 11) is 0. The minimum Gasteiger partial charge on any atom is -0.489 e. The van der Waals surface area contributed by atoms with Crippen LogP contribution in [0, 0.1) is 10.1 Å². The van der Waals surface area contributed by atoms with Crippen molar-refractivity contribution < 1.29 is 19.2 Å². The van der Waals surface area contributed by atoms with Crippen LogP contribution in [0.3, 0.4) is 0 Å². The SMILES string of the molecule is O=C(NCc1cc(Cl)c2c(c1)OCCCO2)c1ccccc1[N+](=O)[O-]. The number of nitrogens with one attached hydrogen (secondary N) is 1. The lowest BCUT2D eigenvalue weighted by atomic mass is 10.1. The van der Waals surface area contributed by atoms with E-state index >= 15 is 0 Å². The molecule has 0 radical (unpaired) electrons. The van der Waals surface area contributed by atoms with Crippen LogP contribution < -0.4 is 14.8 Å². The van der Waals surface area contributed by atoms with Gasteiger partial charge in [-0.2, -0.15) is 0 Å². The minimum atomic E-state index is -0.584. The van der Waals surface area contributed by atoms with E-state index in [4.69, 9.17) is 21.1 Å². The summed E-state index contributed by atoms with van der Waals surface area (Å²) in [6.07, 6.45) is 0.759. The first-order valence-corrected chi connectivity index (χ1v) is 8.03. The average molecular weight is 363 g/mol. The maximum absolute atomic E-state index is 12.3. The second-order valence-corrected chi connectivity index (χ2v) is 5.82. The van der Waals surface area contributed by atoms with Crippen molar-refractivity contribution in [3.63, 3.8) is 0 Å². The molecule has 1 heterocycles.